The van der Waals surface area contributed by atoms with Crippen molar-refractivity contribution in [1.29, 1.82) is 0 Å². The maximum absolute atomic E-state index is 12.5. The van der Waals surface area contributed by atoms with Crippen LogP contribution in [0.25, 0.3) is 10.2 Å². The number of amides is 1. The van der Waals surface area contributed by atoms with Gasteiger partial charge in [0.1, 0.15) is 12.3 Å². The molecule has 0 unspecified atom stereocenters. The van der Waals surface area contributed by atoms with Gasteiger partial charge in [-0.2, -0.15) is 4.99 Å². The highest BCUT2D eigenvalue weighted by molar-refractivity contribution is 7.16. The van der Waals surface area contributed by atoms with Crippen LogP contribution in [0.15, 0.2) is 41.4 Å². The van der Waals surface area contributed by atoms with Gasteiger partial charge in [0.05, 0.1) is 16.8 Å². The molecule has 0 saturated carbocycles. The first-order valence-corrected chi connectivity index (χ1v) is 11.2. The normalized spacial score (nSPS) is 11.9. The summed E-state index contributed by atoms with van der Waals surface area (Å²) < 4.78 is 13.4. The molecule has 3 aromatic rings. The van der Waals surface area contributed by atoms with E-state index in [0.29, 0.717) is 23.1 Å². The number of fused-ring (bicyclic) bond motifs is 1. The lowest BCUT2D eigenvalue weighted by atomic mass is 10.0. The lowest BCUT2D eigenvalue weighted by Crippen LogP contribution is -2.24. The number of benzene rings is 2. The molecule has 0 spiro atoms. The van der Waals surface area contributed by atoms with Gasteiger partial charge in [0.15, 0.2) is 11.4 Å². The first kappa shape index (κ1) is 22.7. The Kier molecular flexibility index (Phi) is 7.28. The maximum atomic E-state index is 12.5. The second-order valence-corrected chi connectivity index (χ2v) is 8.71. The fourth-order valence-electron chi connectivity index (χ4n) is 3.13. The van der Waals surface area contributed by atoms with Gasteiger partial charge in [-0.15, -0.1) is 0 Å². The summed E-state index contributed by atoms with van der Waals surface area (Å²) in [5, 5.41) is 0. The summed E-state index contributed by atoms with van der Waals surface area (Å²) in [5.74, 6) is 0.275. The van der Waals surface area contributed by atoms with Crippen molar-refractivity contribution >= 4 is 33.4 Å². The molecule has 164 valence electrons. The van der Waals surface area contributed by atoms with Gasteiger partial charge >= 0.3 is 5.97 Å². The third-order valence-electron chi connectivity index (χ3n) is 5.02. The van der Waals surface area contributed by atoms with Gasteiger partial charge in [-0.25, -0.2) is 0 Å². The van der Waals surface area contributed by atoms with E-state index in [-0.39, 0.29) is 19.1 Å². The molecule has 0 aliphatic carbocycles. The van der Waals surface area contributed by atoms with Gasteiger partial charge in [-0.3, -0.25) is 9.59 Å². The number of aromatic nitrogens is 1. The van der Waals surface area contributed by atoms with Crippen molar-refractivity contribution in [3.05, 3.63) is 57.9 Å². The number of nitrogens with zero attached hydrogens (tertiary/aromatic N) is 2. The summed E-state index contributed by atoms with van der Waals surface area (Å²) in [5.41, 5.74) is 4.31. The molecule has 0 aliphatic rings. The predicted octanol–water partition coefficient (Wildman–Crippen LogP) is 4.51. The number of ether oxygens (including phenoxy) is 2. The van der Waals surface area contributed by atoms with E-state index >= 15 is 0 Å². The van der Waals surface area contributed by atoms with Gasteiger partial charge in [0.25, 0.3) is 5.91 Å². The summed E-state index contributed by atoms with van der Waals surface area (Å²) in [4.78, 5) is 29.4. The molecule has 0 radical (unpaired) electrons. The molecule has 0 N–H and O–H groups in total. The summed E-state index contributed by atoms with van der Waals surface area (Å²) in [6, 6.07) is 11.8. The molecular weight excluding hydrogens is 412 g/mol. The van der Waals surface area contributed by atoms with Crippen molar-refractivity contribution in [1.82, 2.24) is 4.57 Å². The van der Waals surface area contributed by atoms with E-state index in [2.05, 4.69) is 18.8 Å². The third-order valence-corrected chi connectivity index (χ3v) is 6.06. The van der Waals surface area contributed by atoms with Crippen LogP contribution in [-0.4, -0.2) is 29.7 Å². The predicted molar refractivity (Wildman–Crippen MR) is 123 cm³/mol. The van der Waals surface area contributed by atoms with E-state index in [0.717, 1.165) is 21.3 Å². The smallest absolute Gasteiger partial charge is 0.326 e. The van der Waals surface area contributed by atoms with E-state index in [4.69, 9.17) is 9.47 Å². The van der Waals surface area contributed by atoms with Crippen LogP contribution in [0.5, 0.6) is 5.75 Å². The number of esters is 1. The summed E-state index contributed by atoms with van der Waals surface area (Å²) in [6.45, 7) is 10.2. The first-order chi connectivity index (χ1) is 14.8. The van der Waals surface area contributed by atoms with Crippen molar-refractivity contribution in [2.45, 2.75) is 47.1 Å². The molecular formula is C24H28N2O4S. The minimum Gasteiger partial charge on any atom is -0.484 e. The average molecular weight is 441 g/mol. The van der Waals surface area contributed by atoms with Gasteiger partial charge in [-0.05, 0) is 67.6 Å². The van der Waals surface area contributed by atoms with Gasteiger partial charge in [0, 0.05) is 0 Å². The van der Waals surface area contributed by atoms with Crippen LogP contribution in [0.1, 0.15) is 43.4 Å². The SMILES string of the molecule is CCOC(=O)Cn1c(=NC(=O)COc2ccc(C(C)C)cc2)sc2cc(C)c(C)cc21. The Morgan fingerprint density at radius 3 is 2.42 bits per heavy atom. The fraction of sp³-hybridized carbons (Fsp3) is 0.375. The molecule has 31 heavy (non-hydrogen) atoms. The molecule has 2 aromatic carbocycles. The highest BCUT2D eigenvalue weighted by Gasteiger charge is 2.13. The molecule has 1 amide bonds. The molecule has 0 saturated heterocycles. The Labute approximate surface area is 186 Å². The van der Waals surface area contributed by atoms with E-state index in [1.165, 1.54) is 16.9 Å². The number of rotatable bonds is 7. The van der Waals surface area contributed by atoms with Crippen LogP contribution in [0.4, 0.5) is 0 Å². The largest absolute Gasteiger partial charge is 0.484 e. The Morgan fingerprint density at radius 1 is 1.10 bits per heavy atom. The van der Waals surface area contributed by atoms with E-state index in [1.807, 2.05) is 50.2 Å². The minimum absolute atomic E-state index is 0.0000241. The Balaban J connectivity index is 1.86. The quantitative estimate of drug-likeness (QED) is 0.507. The van der Waals surface area contributed by atoms with Crippen molar-refractivity contribution in [3.8, 4) is 5.75 Å². The van der Waals surface area contributed by atoms with Crippen LogP contribution in [0.3, 0.4) is 0 Å². The zero-order chi connectivity index (χ0) is 22.5. The molecule has 0 fully saturated rings. The second-order valence-electron chi connectivity index (χ2n) is 7.70. The molecule has 0 atom stereocenters. The van der Waals surface area contributed by atoms with Crippen LogP contribution in [0.2, 0.25) is 0 Å². The summed E-state index contributed by atoms with van der Waals surface area (Å²) >= 11 is 1.37. The maximum Gasteiger partial charge on any atom is 0.326 e. The zero-order valence-corrected chi connectivity index (χ0v) is 19.4. The third kappa shape index (κ3) is 5.61. The number of aryl methyl sites for hydroxylation is 2. The Morgan fingerprint density at radius 2 is 1.77 bits per heavy atom. The van der Waals surface area contributed by atoms with Gasteiger partial charge < -0.3 is 14.0 Å². The van der Waals surface area contributed by atoms with Crippen molar-refractivity contribution in [3.63, 3.8) is 0 Å². The topological polar surface area (TPSA) is 69.9 Å². The molecule has 1 heterocycles. The summed E-state index contributed by atoms with van der Waals surface area (Å²) in [7, 11) is 0. The van der Waals surface area contributed by atoms with Gasteiger partial charge in [-0.1, -0.05) is 37.3 Å². The number of carbonyl (C=O) groups is 2. The molecule has 7 heteroatoms. The van der Waals surface area contributed by atoms with Gasteiger partial charge in [0.2, 0.25) is 0 Å². The summed E-state index contributed by atoms with van der Waals surface area (Å²) in [6.07, 6.45) is 0. The van der Waals surface area contributed by atoms with Crippen molar-refractivity contribution < 1.29 is 19.1 Å². The lowest BCUT2D eigenvalue weighted by molar-refractivity contribution is -0.143. The number of hydrogen-bond donors (Lipinski definition) is 0. The average Bonchev–Trinajstić information content (AvgIpc) is 3.03. The Bertz CT molecular complexity index is 1160. The fourth-order valence-corrected chi connectivity index (χ4v) is 4.25. The second kappa shape index (κ2) is 9.92. The number of thiazole rings is 1. The van der Waals surface area contributed by atoms with Crippen molar-refractivity contribution in [2.75, 3.05) is 13.2 Å². The molecule has 6 nitrogen and oxygen atoms in total. The molecule has 3 rings (SSSR count). The minimum atomic E-state index is -0.412. The Hall–Kier alpha value is -2.93. The van der Waals surface area contributed by atoms with E-state index in [9.17, 15) is 9.59 Å². The highest BCUT2D eigenvalue weighted by atomic mass is 32.1. The molecule has 0 aliphatic heterocycles. The van der Waals surface area contributed by atoms with Crippen LogP contribution in [0, 0.1) is 13.8 Å². The highest BCUT2D eigenvalue weighted by Crippen LogP contribution is 2.22. The van der Waals surface area contributed by atoms with Crippen LogP contribution < -0.4 is 9.54 Å². The van der Waals surface area contributed by atoms with E-state index < -0.39 is 5.91 Å². The first-order valence-electron chi connectivity index (χ1n) is 10.3. The molecule has 0 bridgehead atoms. The van der Waals surface area contributed by atoms with E-state index in [1.54, 1.807) is 11.5 Å². The number of hydrogen-bond acceptors (Lipinski definition) is 5. The van der Waals surface area contributed by atoms with Crippen LogP contribution >= 0.6 is 11.3 Å². The number of carbonyl (C=O) groups excluding carboxylic acids is 2. The lowest BCUT2D eigenvalue weighted by Gasteiger charge is -2.08. The monoisotopic (exact) mass is 440 g/mol. The zero-order valence-electron chi connectivity index (χ0n) is 18.6. The molecule has 1 aromatic heterocycles. The van der Waals surface area contributed by atoms with Crippen molar-refractivity contribution in [2.24, 2.45) is 4.99 Å². The standard InChI is InChI=1S/C24H28N2O4S/c1-6-29-23(28)13-26-20-11-16(4)17(5)12-21(20)31-24(26)25-22(27)14-30-19-9-7-18(8-10-19)15(2)3/h7-12,15H,6,13-14H2,1-5H3. The van der Waals surface area contributed by atoms with Crippen LogP contribution in [-0.2, 0) is 20.9 Å².